The summed E-state index contributed by atoms with van der Waals surface area (Å²) in [7, 11) is -3.07. The third kappa shape index (κ3) is 6.08. The van der Waals surface area contributed by atoms with E-state index in [2.05, 4.69) is 10.6 Å². The Bertz CT molecular complexity index is 826. The Labute approximate surface area is 153 Å². The van der Waals surface area contributed by atoms with Gasteiger partial charge in [0.05, 0.1) is 22.0 Å². The molecule has 1 aromatic carbocycles. The van der Waals surface area contributed by atoms with Gasteiger partial charge in [0, 0.05) is 25.6 Å². The quantitative estimate of drug-likeness (QED) is 0.404. The summed E-state index contributed by atoms with van der Waals surface area (Å²) < 4.78 is 60.6. The average Bonchev–Trinajstić information content (AvgIpc) is 2.89. The molecule has 0 aromatic heterocycles. The molecule has 0 spiro atoms. The van der Waals surface area contributed by atoms with Crippen LogP contribution < -0.4 is 10.6 Å². The van der Waals surface area contributed by atoms with Crippen molar-refractivity contribution in [1.29, 1.82) is 0 Å². The topological polar surface area (TPSA) is 118 Å². The zero-order valence-corrected chi connectivity index (χ0v) is 14.9. The highest BCUT2D eigenvalue weighted by Crippen LogP contribution is 2.34. The number of nitrogens with zero attached hydrogens (tertiary/aromatic N) is 1. The molecule has 1 saturated heterocycles. The molecule has 1 aromatic rings. The van der Waals surface area contributed by atoms with Crippen molar-refractivity contribution in [3.63, 3.8) is 0 Å². The van der Waals surface area contributed by atoms with Crippen molar-refractivity contribution < 1.29 is 31.3 Å². The molecule has 0 bridgehead atoms. The minimum atomic E-state index is -4.69. The summed E-state index contributed by atoms with van der Waals surface area (Å²) >= 11 is 0. The molecule has 0 saturated carbocycles. The van der Waals surface area contributed by atoms with Crippen molar-refractivity contribution in [2.24, 2.45) is 5.92 Å². The molecule has 0 aliphatic carbocycles. The van der Waals surface area contributed by atoms with E-state index in [-0.39, 0.29) is 48.5 Å². The highest BCUT2D eigenvalue weighted by atomic mass is 32.2. The minimum absolute atomic E-state index is 0.0174. The second-order valence-electron chi connectivity index (χ2n) is 6.24. The van der Waals surface area contributed by atoms with Crippen molar-refractivity contribution in [2.75, 3.05) is 29.9 Å². The van der Waals surface area contributed by atoms with Gasteiger partial charge in [0.1, 0.15) is 5.69 Å². The third-order valence-corrected chi connectivity index (χ3v) is 5.92. The summed E-state index contributed by atoms with van der Waals surface area (Å²) in [5.74, 6) is -0.514. The molecule has 2 N–H and O–H groups in total. The molecule has 1 aliphatic heterocycles. The number of nitrogens with one attached hydrogen (secondary N) is 2. The van der Waals surface area contributed by atoms with Crippen LogP contribution in [0.3, 0.4) is 0 Å². The lowest BCUT2D eigenvalue weighted by atomic mass is 10.1. The van der Waals surface area contributed by atoms with Gasteiger partial charge >= 0.3 is 6.18 Å². The van der Waals surface area contributed by atoms with Crippen LogP contribution in [-0.2, 0) is 20.8 Å². The molecule has 1 aliphatic rings. The number of amides is 1. The molecule has 27 heavy (non-hydrogen) atoms. The first-order valence-electron chi connectivity index (χ1n) is 8.04. The van der Waals surface area contributed by atoms with Crippen molar-refractivity contribution in [2.45, 2.75) is 19.0 Å². The average molecular weight is 409 g/mol. The van der Waals surface area contributed by atoms with Crippen LogP contribution in [0.25, 0.3) is 0 Å². The van der Waals surface area contributed by atoms with Crippen LogP contribution in [0.15, 0.2) is 18.2 Å². The van der Waals surface area contributed by atoms with Gasteiger partial charge in [-0.25, -0.2) is 8.42 Å². The number of halogens is 3. The zero-order valence-electron chi connectivity index (χ0n) is 14.1. The maximum Gasteiger partial charge on any atom is 0.416 e. The summed E-state index contributed by atoms with van der Waals surface area (Å²) in [6.45, 7) is 0.136. The molecule has 1 fully saturated rings. The maximum atomic E-state index is 12.6. The third-order valence-electron chi connectivity index (χ3n) is 4.09. The lowest BCUT2D eigenvalue weighted by Gasteiger charge is -2.12. The SMILES string of the molecule is O=C(C[C@@H]1CCS(=O)(=O)C1)NCCNc1ccc(C(F)(F)F)cc1[N+](=O)[O-]. The largest absolute Gasteiger partial charge is 0.416 e. The summed E-state index contributed by atoms with van der Waals surface area (Å²) in [5, 5.41) is 16.1. The van der Waals surface area contributed by atoms with E-state index in [0.717, 1.165) is 12.1 Å². The monoisotopic (exact) mass is 409 g/mol. The summed E-state index contributed by atoms with van der Waals surface area (Å²) in [6, 6.07) is 2.14. The molecule has 150 valence electrons. The van der Waals surface area contributed by atoms with Gasteiger partial charge in [-0.2, -0.15) is 13.2 Å². The lowest BCUT2D eigenvalue weighted by molar-refractivity contribution is -0.384. The number of hydrogen-bond acceptors (Lipinski definition) is 6. The number of carbonyl (C=O) groups is 1. The number of alkyl halides is 3. The number of nitro benzene ring substituents is 1. The molecule has 12 heteroatoms. The van der Waals surface area contributed by atoms with Gasteiger partial charge in [0.2, 0.25) is 5.91 Å². The zero-order chi connectivity index (χ0) is 20.2. The fourth-order valence-corrected chi connectivity index (χ4v) is 4.64. The van der Waals surface area contributed by atoms with Crippen molar-refractivity contribution in [1.82, 2.24) is 5.32 Å². The summed E-state index contributed by atoms with van der Waals surface area (Å²) in [6.07, 6.45) is -4.18. The smallest absolute Gasteiger partial charge is 0.378 e. The number of hydrogen-bond donors (Lipinski definition) is 2. The van der Waals surface area contributed by atoms with E-state index in [9.17, 15) is 36.5 Å². The second-order valence-corrected chi connectivity index (χ2v) is 8.47. The van der Waals surface area contributed by atoms with E-state index in [1.165, 1.54) is 0 Å². The number of nitro groups is 1. The van der Waals surface area contributed by atoms with Crippen LogP contribution in [0.1, 0.15) is 18.4 Å². The Morgan fingerprint density at radius 3 is 2.56 bits per heavy atom. The lowest BCUT2D eigenvalue weighted by Crippen LogP contribution is -2.30. The predicted octanol–water partition coefficient (Wildman–Crippen LogP) is 1.97. The molecular formula is C15H18F3N3O5S. The molecule has 1 atom stereocenters. The Balaban J connectivity index is 1.84. The Kier molecular flexibility index (Phi) is 6.29. The summed E-state index contributed by atoms with van der Waals surface area (Å²) in [5.41, 5.74) is -1.93. The van der Waals surface area contributed by atoms with Crippen molar-refractivity contribution >= 4 is 27.1 Å². The minimum Gasteiger partial charge on any atom is -0.378 e. The van der Waals surface area contributed by atoms with Crippen LogP contribution in [0.5, 0.6) is 0 Å². The Morgan fingerprint density at radius 2 is 2.00 bits per heavy atom. The van der Waals surface area contributed by atoms with Crippen LogP contribution in [0.2, 0.25) is 0 Å². The van der Waals surface area contributed by atoms with E-state index < -0.39 is 32.2 Å². The second kappa shape index (κ2) is 8.11. The van der Waals surface area contributed by atoms with Crippen LogP contribution in [0.4, 0.5) is 24.5 Å². The fourth-order valence-electron chi connectivity index (χ4n) is 2.77. The van der Waals surface area contributed by atoms with Gasteiger partial charge in [-0.15, -0.1) is 0 Å². The van der Waals surface area contributed by atoms with Gasteiger partial charge in [-0.05, 0) is 24.5 Å². The first-order valence-corrected chi connectivity index (χ1v) is 9.87. The number of sulfone groups is 1. The first-order chi connectivity index (χ1) is 12.5. The molecule has 1 heterocycles. The van der Waals surface area contributed by atoms with Gasteiger partial charge < -0.3 is 10.6 Å². The molecule has 2 rings (SSSR count). The number of rotatable bonds is 7. The van der Waals surface area contributed by atoms with E-state index in [1.54, 1.807) is 0 Å². The van der Waals surface area contributed by atoms with E-state index in [4.69, 9.17) is 0 Å². The molecule has 0 unspecified atom stereocenters. The predicted molar refractivity (Wildman–Crippen MR) is 91.0 cm³/mol. The van der Waals surface area contributed by atoms with Gasteiger partial charge in [-0.3, -0.25) is 14.9 Å². The van der Waals surface area contributed by atoms with Crippen molar-refractivity contribution in [3.05, 3.63) is 33.9 Å². The molecule has 8 nitrogen and oxygen atoms in total. The standard InChI is InChI=1S/C15H18F3N3O5S/c16-15(17,18)11-1-2-12(13(8-11)21(23)24)19-4-5-20-14(22)7-10-3-6-27(25,26)9-10/h1-2,8,10,19H,3-7,9H2,(H,20,22)/t10-/m0/s1. The van der Waals surface area contributed by atoms with Crippen LogP contribution in [-0.4, -0.2) is 43.8 Å². The highest BCUT2D eigenvalue weighted by Gasteiger charge is 2.33. The normalized spacial score (nSPS) is 18.9. The maximum absolute atomic E-state index is 12.6. The van der Waals surface area contributed by atoms with Gasteiger partial charge in [0.25, 0.3) is 5.69 Å². The van der Waals surface area contributed by atoms with E-state index >= 15 is 0 Å². The van der Waals surface area contributed by atoms with Gasteiger partial charge in [0.15, 0.2) is 9.84 Å². The summed E-state index contributed by atoms with van der Waals surface area (Å²) in [4.78, 5) is 21.8. The van der Waals surface area contributed by atoms with Gasteiger partial charge in [-0.1, -0.05) is 0 Å². The van der Waals surface area contributed by atoms with E-state index in [0.29, 0.717) is 12.5 Å². The fraction of sp³-hybridized carbons (Fsp3) is 0.533. The Hall–Kier alpha value is -2.37. The number of benzene rings is 1. The van der Waals surface area contributed by atoms with Crippen LogP contribution in [0, 0.1) is 16.0 Å². The number of carbonyl (C=O) groups excluding carboxylic acids is 1. The van der Waals surface area contributed by atoms with Crippen molar-refractivity contribution in [3.8, 4) is 0 Å². The molecule has 1 amide bonds. The highest BCUT2D eigenvalue weighted by molar-refractivity contribution is 7.91. The first kappa shape index (κ1) is 20.9. The molecule has 0 radical (unpaired) electrons. The number of anilines is 1. The van der Waals surface area contributed by atoms with E-state index in [1.807, 2.05) is 0 Å². The molecular weight excluding hydrogens is 391 g/mol. The Morgan fingerprint density at radius 1 is 1.30 bits per heavy atom. The van der Waals surface area contributed by atoms with Crippen LogP contribution >= 0.6 is 0 Å².